The van der Waals surface area contributed by atoms with E-state index in [2.05, 4.69) is 0 Å². The lowest BCUT2D eigenvalue weighted by Gasteiger charge is -2.28. The number of rotatable bonds is 5. The van der Waals surface area contributed by atoms with Gasteiger partial charge in [0.05, 0.1) is 23.7 Å². The minimum atomic E-state index is -0.532. The van der Waals surface area contributed by atoms with Crippen molar-refractivity contribution in [1.29, 1.82) is 0 Å². The van der Waals surface area contributed by atoms with E-state index in [1.807, 2.05) is 19.1 Å². The molecule has 6 atom stereocenters. The first-order chi connectivity index (χ1) is 12.2. The van der Waals surface area contributed by atoms with Crippen molar-refractivity contribution in [2.75, 3.05) is 13.2 Å². The molecule has 3 heterocycles. The van der Waals surface area contributed by atoms with Gasteiger partial charge in [0.25, 0.3) is 0 Å². The molecule has 0 amide bonds. The van der Waals surface area contributed by atoms with Gasteiger partial charge in [-0.25, -0.2) is 0 Å². The second-order valence-corrected chi connectivity index (χ2v) is 7.63. The Labute approximate surface area is 152 Å². The van der Waals surface area contributed by atoms with Crippen molar-refractivity contribution in [3.05, 3.63) is 28.3 Å². The molecule has 5 rings (SSSR count). The molecule has 1 saturated carbocycles. The molecule has 136 valence electrons. The molecular weight excluding hydrogens is 344 g/mol. The zero-order valence-corrected chi connectivity index (χ0v) is 15.0. The van der Waals surface area contributed by atoms with E-state index in [1.54, 1.807) is 0 Å². The summed E-state index contributed by atoms with van der Waals surface area (Å²) in [5.74, 6) is 1.15. The van der Waals surface area contributed by atoms with E-state index in [0.29, 0.717) is 17.7 Å². The van der Waals surface area contributed by atoms with Crippen molar-refractivity contribution < 1.29 is 23.7 Å². The molecule has 3 fully saturated rings. The molecule has 1 aliphatic carbocycles. The van der Waals surface area contributed by atoms with Gasteiger partial charge in [0.2, 0.25) is 0 Å². The fourth-order valence-electron chi connectivity index (χ4n) is 4.40. The molecular formula is C19H23ClO5. The Morgan fingerprint density at radius 1 is 1.28 bits per heavy atom. The van der Waals surface area contributed by atoms with Gasteiger partial charge in [-0.05, 0) is 38.3 Å². The first-order valence-electron chi connectivity index (χ1n) is 9.28. The normalized spacial score (nSPS) is 36.3. The minimum Gasteiger partial charge on any atom is -0.489 e. The summed E-state index contributed by atoms with van der Waals surface area (Å²) in [5, 5.41) is 0.681. The van der Waals surface area contributed by atoms with Crippen LogP contribution in [-0.2, 0) is 18.9 Å². The van der Waals surface area contributed by atoms with Crippen molar-refractivity contribution in [3.8, 4) is 5.75 Å². The standard InChI is InChI=1S/C19H23ClO5/c1-2-21-19(25-15-5-3-4-6-22-15)12-8-10(20)7-11-16-13(23-17(11)12)9-14-18(16)24-14/h7-8,13-16,18-19H,2-6,9H2,1H3/t13-,14-,15?,16-,18-,19?/m1/s1. The van der Waals surface area contributed by atoms with Crippen LogP contribution in [0, 0.1) is 0 Å². The van der Waals surface area contributed by atoms with Gasteiger partial charge in [0.1, 0.15) is 11.9 Å². The highest BCUT2D eigenvalue weighted by Crippen LogP contribution is 2.57. The number of halogens is 1. The minimum absolute atomic E-state index is 0.184. The van der Waals surface area contributed by atoms with E-state index < -0.39 is 6.29 Å². The van der Waals surface area contributed by atoms with Gasteiger partial charge in [-0.3, -0.25) is 0 Å². The van der Waals surface area contributed by atoms with Crippen LogP contribution in [0.15, 0.2) is 12.1 Å². The molecule has 0 radical (unpaired) electrons. The second-order valence-electron chi connectivity index (χ2n) is 7.19. The Balaban J connectivity index is 1.46. The van der Waals surface area contributed by atoms with Crippen LogP contribution in [0.3, 0.4) is 0 Å². The average molecular weight is 367 g/mol. The molecule has 1 aromatic carbocycles. The predicted octanol–water partition coefficient (Wildman–Crippen LogP) is 3.93. The SMILES string of the molecule is CCOC(OC1CCCCO1)c1cc(Cl)cc2c1O[C@@H]1C[C@H]3O[C@H]3[C@H]21. The quantitative estimate of drug-likeness (QED) is 0.583. The molecule has 3 aliphatic heterocycles. The summed E-state index contributed by atoms with van der Waals surface area (Å²) in [6.07, 6.45) is 4.09. The lowest BCUT2D eigenvalue weighted by Crippen LogP contribution is -2.26. The molecule has 1 aromatic rings. The number of hydrogen-bond donors (Lipinski definition) is 0. The third kappa shape index (κ3) is 2.86. The lowest BCUT2D eigenvalue weighted by molar-refractivity contribution is -0.258. The van der Waals surface area contributed by atoms with Gasteiger partial charge in [-0.15, -0.1) is 0 Å². The molecule has 5 nitrogen and oxygen atoms in total. The van der Waals surface area contributed by atoms with Crippen LogP contribution < -0.4 is 4.74 Å². The molecule has 4 aliphatic rings. The number of hydrogen-bond acceptors (Lipinski definition) is 5. The summed E-state index contributed by atoms with van der Waals surface area (Å²) in [6.45, 7) is 3.23. The Bertz CT molecular complexity index is 659. The lowest BCUT2D eigenvalue weighted by atomic mass is 9.95. The summed E-state index contributed by atoms with van der Waals surface area (Å²) in [5.41, 5.74) is 2.00. The number of benzene rings is 1. The molecule has 2 saturated heterocycles. The van der Waals surface area contributed by atoms with Crippen molar-refractivity contribution in [2.24, 2.45) is 0 Å². The van der Waals surface area contributed by atoms with Crippen molar-refractivity contribution in [3.63, 3.8) is 0 Å². The smallest absolute Gasteiger partial charge is 0.190 e. The van der Waals surface area contributed by atoms with Crippen molar-refractivity contribution >= 4 is 11.6 Å². The van der Waals surface area contributed by atoms with E-state index in [4.69, 9.17) is 35.3 Å². The van der Waals surface area contributed by atoms with Gasteiger partial charge in [-0.2, -0.15) is 0 Å². The van der Waals surface area contributed by atoms with Crippen LogP contribution in [0.1, 0.15) is 55.9 Å². The van der Waals surface area contributed by atoms with Crippen LogP contribution in [-0.4, -0.2) is 37.8 Å². The number of fused-ring (bicyclic) bond motifs is 5. The summed E-state index contributed by atoms with van der Waals surface area (Å²) in [7, 11) is 0. The Hall–Kier alpha value is -0.850. The topological polar surface area (TPSA) is 49.5 Å². The van der Waals surface area contributed by atoms with Crippen LogP contribution in [0.2, 0.25) is 5.02 Å². The van der Waals surface area contributed by atoms with Gasteiger partial charge < -0.3 is 23.7 Å². The average Bonchev–Trinajstić information content (AvgIpc) is 3.12. The van der Waals surface area contributed by atoms with Gasteiger partial charge in [-0.1, -0.05) is 11.6 Å². The number of ether oxygens (including phenoxy) is 5. The van der Waals surface area contributed by atoms with E-state index >= 15 is 0 Å². The third-order valence-corrected chi connectivity index (χ3v) is 5.78. The molecule has 0 spiro atoms. The fraction of sp³-hybridized carbons (Fsp3) is 0.684. The predicted molar refractivity (Wildman–Crippen MR) is 90.9 cm³/mol. The zero-order chi connectivity index (χ0) is 17.0. The first-order valence-corrected chi connectivity index (χ1v) is 9.66. The van der Waals surface area contributed by atoms with E-state index in [0.717, 1.165) is 49.2 Å². The highest BCUT2D eigenvalue weighted by Gasteiger charge is 2.60. The van der Waals surface area contributed by atoms with E-state index in [-0.39, 0.29) is 24.4 Å². The van der Waals surface area contributed by atoms with E-state index in [1.165, 1.54) is 0 Å². The number of epoxide rings is 1. The maximum absolute atomic E-state index is 6.43. The summed E-state index contributed by atoms with van der Waals surface area (Å²) >= 11 is 6.43. The van der Waals surface area contributed by atoms with Crippen molar-refractivity contribution in [1.82, 2.24) is 0 Å². The summed E-state index contributed by atoms with van der Waals surface area (Å²) in [4.78, 5) is 0. The summed E-state index contributed by atoms with van der Waals surface area (Å²) in [6, 6.07) is 3.91. The fourth-order valence-corrected chi connectivity index (χ4v) is 4.64. The third-order valence-electron chi connectivity index (χ3n) is 5.57. The first kappa shape index (κ1) is 16.3. The van der Waals surface area contributed by atoms with Crippen LogP contribution in [0.5, 0.6) is 5.75 Å². The summed E-state index contributed by atoms with van der Waals surface area (Å²) < 4.78 is 29.8. The highest BCUT2D eigenvalue weighted by atomic mass is 35.5. The molecule has 6 heteroatoms. The Morgan fingerprint density at radius 3 is 3.00 bits per heavy atom. The van der Waals surface area contributed by atoms with Gasteiger partial charge >= 0.3 is 0 Å². The van der Waals surface area contributed by atoms with Gasteiger partial charge in [0.15, 0.2) is 12.6 Å². The largest absolute Gasteiger partial charge is 0.489 e. The maximum atomic E-state index is 6.43. The second kappa shape index (κ2) is 6.39. The van der Waals surface area contributed by atoms with Crippen LogP contribution >= 0.6 is 11.6 Å². The molecule has 0 N–H and O–H groups in total. The Morgan fingerprint density at radius 2 is 2.20 bits per heavy atom. The molecule has 0 bridgehead atoms. The molecule has 2 unspecified atom stereocenters. The van der Waals surface area contributed by atoms with E-state index in [9.17, 15) is 0 Å². The van der Waals surface area contributed by atoms with Crippen LogP contribution in [0.25, 0.3) is 0 Å². The Kier molecular flexibility index (Phi) is 4.18. The zero-order valence-electron chi connectivity index (χ0n) is 14.3. The maximum Gasteiger partial charge on any atom is 0.190 e. The molecule has 25 heavy (non-hydrogen) atoms. The monoisotopic (exact) mass is 366 g/mol. The van der Waals surface area contributed by atoms with Crippen molar-refractivity contribution in [2.45, 2.75) is 69.4 Å². The molecule has 0 aromatic heterocycles. The van der Waals surface area contributed by atoms with Crippen LogP contribution in [0.4, 0.5) is 0 Å². The highest BCUT2D eigenvalue weighted by molar-refractivity contribution is 6.30. The van der Waals surface area contributed by atoms with Gasteiger partial charge in [0, 0.05) is 30.2 Å².